The Kier molecular flexibility index (Phi) is 9.83. The Labute approximate surface area is 116 Å². The molecule has 0 bridgehead atoms. The molecule has 0 aromatic heterocycles. The molecule has 19 heavy (non-hydrogen) atoms. The minimum absolute atomic E-state index is 0.0105. The lowest BCUT2D eigenvalue weighted by molar-refractivity contribution is -0.273. The average Bonchev–Trinajstić information content (AvgIpc) is 2.29. The maximum absolute atomic E-state index is 10.6. The van der Waals surface area contributed by atoms with Crippen LogP contribution in [0.25, 0.3) is 0 Å². The third-order valence-electron chi connectivity index (χ3n) is 2.73. The topological polar surface area (TPSA) is 65.0 Å². The van der Waals surface area contributed by atoms with E-state index in [4.69, 9.17) is 14.7 Å². The highest BCUT2D eigenvalue weighted by Crippen LogP contribution is 2.25. The van der Waals surface area contributed by atoms with Crippen molar-refractivity contribution in [1.82, 2.24) is 0 Å². The van der Waals surface area contributed by atoms with Gasteiger partial charge in [0.25, 0.3) is 0 Å². The fraction of sp³-hybridized carbons (Fsp3) is 0.929. The number of aliphatic hydroxyl groups excluding tert-OH is 1. The summed E-state index contributed by atoms with van der Waals surface area (Å²) in [7, 11) is 0. The molecule has 5 nitrogen and oxygen atoms in total. The van der Waals surface area contributed by atoms with E-state index in [1.54, 1.807) is 0 Å². The molecule has 0 aromatic carbocycles. The number of hydrogen-bond donors (Lipinski definition) is 1. The number of carbonyl (C=O) groups excluding carboxylic acids is 1. The van der Waals surface area contributed by atoms with Crippen LogP contribution in [0, 0.1) is 5.41 Å². The highest BCUT2D eigenvalue weighted by atomic mass is 17.2. The summed E-state index contributed by atoms with van der Waals surface area (Å²) in [5, 5.41) is 8.69. The van der Waals surface area contributed by atoms with E-state index < -0.39 is 5.97 Å². The molecule has 0 heterocycles. The van der Waals surface area contributed by atoms with Crippen LogP contribution in [-0.2, 0) is 19.3 Å². The van der Waals surface area contributed by atoms with Crippen molar-refractivity contribution < 1.29 is 24.4 Å². The normalized spacial score (nSPS) is 13.3. The van der Waals surface area contributed by atoms with Crippen molar-refractivity contribution >= 4 is 5.97 Å². The first-order chi connectivity index (χ1) is 8.88. The van der Waals surface area contributed by atoms with Crippen molar-refractivity contribution in [1.29, 1.82) is 0 Å². The van der Waals surface area contributed by atoms with E-state index in [2.05, 4.69) is 25.7 Å². The van der Waals surface area contributed by atoms with Crippen LogP contribution >= 0.6 is 0 Å². The first-order valence-corrected chi connectivity index (χ1v) is 6.90. The van der Waals surface area contributed by atoms with Crippen molar-refractivity contribution in [3.8, 4) is 0 Å². The van der Waals surface area contributed by atoms with Crippen LogP contribution in [0.4, 0.5) is 0 Å². The zero-order valence-corrected chi connectivity index (χ0v) is 12.6. The number of hydrogen-bond acceptors (Lipinski definition) is 5. The van der Waals surface area contributed by atoms with E-state index in [1.165, 1.54) is 6.92 Å². The van der Waals surface area contributed by atoms with E-state index in [9.17, 15) is 4.79 Å². The monoisotopic (exact) mass is 276 g/mol. The minimum atomic E-state index is -0.447. The van der Waals surface area contributed by atoms with Gasteiger partial charge >= 0.3 is 5.97 Å². The maximum atomic E-state index is 10.6. The summed E-state index contributed by atoms with van der Waals surface area (Å²) >= 11 is 0. The molecular weight excluding hydrogens is 248 g/mol. The number of rotatable bonds is 10. The molecule has 0 radical (unpaired) electrons. The Balaban J connectivity index is 3.87. The molecule has 0 amide bonds. The average molecular weight is 276 g/mol. The fourth-order valence-electron chi connectivity index (χ4n) is 1.66. The van der Waals surface area contributed by atoms with Crippen LogP contribution in [0.3, 0.4) is 0 Å². The summed E-state index contributed by atoms with van der Waals surface area (Å²) in [4.78, 5) is 19.8. The van der Waals surface area contributed by atoms with Gasteiger partial charge in [-0.15, -0.1) is 0 Å². The molecule has 0 saturated heterocycles. The zero-order chi connectivity index (χ0) is 14.7. The molecule has 0 aliphatic carbocycles. The molecule has 0 aliphatic rings. The van der Waals surface area contributed by atoms with Gasteiger partial charge in [-0.2, -0.15) is 4.89 Å². The first kappa shape index (κ1) is 18.4. The molecule has 1 N–H and O–H groups in total. The van der Waals surface area contributed by atoms with Gasteiger partial charge in [0, 0.05) is 26.6 Å². The second-order valence-electron chi connectivity index (χ2n) is 5.70. The third kappa shape index (κ3) is 10.9. The molecule has 5 heteroatoms. The number of unbranched alkanes of at least 4 members (excludes halogenated alkanes) is 2. The third-order valence-corrected chi connectivity index (χ3v) is 2.73. The van der Waals surface area contributed by atoms with Crippen LogP contribution in [-0.4, -0.2) is 37.0 Å². The lowest BCUT2D eigenvalue weighted by Gasteiger charge is -2.30. The van der Waals surface area contributed by atoms with Crippen LogP contribution in [0.15, 0.2) is 0 Å². The number of aliphatic hydroxyl groups is 1. The molecule has 0 spiro atoms. The van der Waals surface area contributed by atoms with Crippen molar-refractivity contribution in [2.24, 2.45) is 5.41 Å². The Morgan fingerprint density at radius 2 is 1.84 bits per heavy atom. The summed E-state index contributed by atoms with van der Waals surface area (Å²) in [5.74, 6) is -0.447. The van der Waals surface area contributed by atoms with Gasteiger partial charge in [0.05, 0.1) is 12.7 Å². The quantitative estimate of drug-likeness (QED) is 0.377. The summed E-state index contributed by atoms with van der Waals surface area (Å²) in [5.41, 5.74) is 0.0105. The molecule has 0 saturated carbocycles. The minimum Gasteiger partial charge on any atom is -0.396 e. The summed E-state index contributed by atoms with van der Waals surface area (Å²) in [6, 6.07) is 0. The SMILES string of the molecule is CC(=O)OOCCC(OCCCCCO)C(C)(C)C. The largest absolute Gasteiger partial charge is 0.396 e. The molecule has 1 atom stereocenters. The molecule has 0 rings (SSSR count). The van der Waals surface area contributed by atoms with Gasteiger partial charge < -0.3 is 9.84 Å². The van der Waals surface area contributed by atoms with E-state index >= 15 is 0 Å². The van der Waals surface area contributed by atoms with Crippen molar-refractivity contribution in [2.45, 2.75) is 59.5 Å². The Bertz CT molecular complexity index is 234. The molecule has 0 aliphatic heterocycles. The Morgan fingerprint density at radius 3 is 2.37 bits per heavy atom. The van der Waals surface area contributed by atoms with Gasteiger partial charge in [-0.25, -0.2) is 4.79 Å². The smallest absolute Gasteiger partial charge is 0.339 e. The van der Waals surface area contributed by atoms with Crippen LogP contribution in [0.1, 0.15) is 53.4 Å². The van der Waals surface area contributed by atoms with Gasteiger partial charge in [0.2, 0.25) is 0 Å². The van der Waals surface area contributed by atoms with Crippen LogP contribution < -0.4 is 0 Å². The van der Waals surface area contributed by atoms with E-state index in [1.807, 2.05) is 0 Å². The predicted molar refractivity (Wildman–Crippen MR) is 72.5 cm³/mol. The van der Waals surface area contributed by atoms with Gasteiger partial charge in [0.1, 0.15) is 0 Å². The first-order valence-electron chi connectivity index (χ1n) is 6.90. The molecular formula is C14H28O5. The van der Waals surface area contributed by atoms with Crippen molar-refractivity contribution in [3.63, 3.8) is 0 Å². The second-order valence-corrected chi connectivity index (χ2v) is 5.70. The van der Waals surface area contributed by atoms with Crippen molar-refractivity contribution in [3.05, 3.63) is 0 Å². The van der Waals surface area contributed by atoms with Crippen LogP contribution in [0.5, 0.6) is 0 Å². The van der Waals surface area contributed by atoms with E-state index in [0.717, 1.165) is 19.3 Å². The highest BCUT2D eigenvalue weighted by Gasteiger charge is 2.25. The van der Waals surface area contributed by atoms with Gasteiger partial charge in [-0.1, -0.05) is 20.8 Å². The summed E-state index contributed by atoms with van der Waals surface area (Å²) in [6.45, 7) is 8.87. The Hall–Kier alpha value is -0.650. The molecule has 114 valence electrons. The summed E-state index contributed by atoms with van der Waals surface area (Å²) < 4.78 is 5.86. The molecule has 0 fully saturated rings. The van der Waals surface area contributed by atoms with E-state index in [-0.39, 0.29) is 18.1 Å². The standard InChI is InChI=1S/C14H28O5/c1-12(16)19-18-11-8-13(14(2,3)4)17-10-7-5-6-9-15/h13,15H,5-11H2,1-4H3. The fourth-order valence-corrected chi connectivity index (χ4v) is 1.66. The summed E-state index contributed by atoms with van der Waals surface area (Å²) in [6.07, 6.45) is 3.46. The van der Waals surface area contributed by atoms with Crippen LogP contribution in [0.2, 0.25) is 0 Å². The lowest BCUT2D eigenvalue weighted by atomic mass is 9.87. The number of ether oxygens (including phenoxy) is 1. The van der Waals surface area contributed by atoms with Gasteiger partial charge in [0.15, 0.2) is 0 Å². The second kappa shape index (κ2) is 10.2. The maximum Gasteiger partial charge on any atom is 0.339 e. The van der Waals surface area contributed by atoms with Gasteiger partial charge in [-0.3, -0.25) is 4.89 Å². The zero-order valence-electron chi connectivity index (χ0n) is 12.6. The lowest BCUT2D eigenvalue weighted by Crippen LogP contribution is -2.31. The predicted octanol–water partition coefficient (Wildman–Crippen LogP) is 2.47. The number of carbonyl (C=O) groups is 1. The molecule has 0 aromatic rings. The van der Waals surface area contributed by atoms with Gasteiger partial charge in [-0.05, 0) is 24.7 Å². The van der Waals surface area contributed by atoms with E-state index in [0.29, 0.717) is 19.6 Å². The van der Waals surface area contributed by atoms with Crippen molar-refractivity contribution in [2.75, 3.05) is 19.8 Å². The molecule has 1 unspecified atom stereocenters. The highest BCUT2D eigenvalue weighted by molar-refractivity contribution is 5.65. The Morgan fingerprint density at radius 1 is 1.16 bits per heavy atom.